The van der Waals surface area contributed by atoms with E-state index < -0.39 is 11.2 Å². The average molecular weight is 264 g/mol. The number of H-pyrrole nitrogens is 2. The molecule has 1 fully saturated rings. The molecule has 0 aliphatic carbocycles. The van der Waals surface area contributed by atoms with Crippen molar-refractivity contribution < 1.29 is 4.74 Å². The highest BCUT2D eigenvalue weighted by atomic mass is 16.5. The highest BCUT2D eigenvalue weighted by Crippen LogP contribution is 2.26. The van der Waals surface area contributed by atoms with Crippen LogP contribution in [0.1, 0.15) is 38.1 Å². The van der Waals surface area contributed by atoms with Crippen LogP contribution >= 0.6 is 0 Å². The Hall–Kier alpha value is -1.89. The molecule has 7 nitrogen and oxygen atoms in total. The molecule has 3 heterocycles. The third-order valence-electron chi connectivity index (χ3n) is 3.45. The third kappa shape index (κ3) is 1.99. The van der Waals surface area contributed by atoms with Crippen molar-refractivity contribution in [2.75, 3.05) is 6.61 Å². The van der Waals surface area contributed by atoms with Crippen molar-refractivity contribution in [2.24, 2.45) is 0 Å². The molecule has 3 rings (SSSR count). The summed E-state index contributed by atoms with van der Waals surface area (Å²) in [5, 5.41) is 0. The van der Waals surface area contributed by atoms with Crippen LogP contribution in [0.15, 0.2) is 9.59 Å². The molecule has 0 aromatic carbocycles. The van der Waals surface area contributed by atoms with E-state index in [2.05, 4.69) is 15.0 Å². The van der Waals surface area contributed by atoms with Crippen molar-refractivity contribution in [1.82, 2.24) is 19.5 Å². The van der Waals surface area contributed by atoms with Gasteiger partial charge in [0.25, 0.3) is 5.56 Å². The zero-order chi connectivity index (χ0) is 13.4. The van der Waals surface area contributed by atoms with Crippen molar-refractivity contribution in [3.63, 3.8) is 0 Å². The van der Waals surface area contributed by atoms with Crippen LogP contribution in [0.4, 0.5) is 0 Å². The van der Waals surface area contributed by atoms with Gasteiger partial charge in [0, 0.05) is 13.2 Å². The van der Waals surface area contributed by atoms with E-state index in [4.69, 9.17) is 4.74 Å². The van der Waals surface area contributed by atoms with Gasteiger partial charge in [-0.2, -0.15) is 0 Å². The molecule has 1 aliphatic heterocycles. The first-order valence-electron chi connectivity index (χ1n) is 6.55. The molecule has 2 N–H and O–H groups in total. The Morgan fingerprint density at radius 2 is 2.21 bits per heavy atom. The molecule has 0 spiro atoms. The number of aromatic nitrogens is 4. The summed E-state index contributed by atoms with van der Waals surface area (Å²) in [7, 11) is 0. The second-order valence-corrected chi connectivity index (χ2v) is 4.68. The molecular weight excluding hydrogens is 248 g/mol. The molecule has 0 amide bonds. The van der Waals surface area contributed by atoms with Gasteiger partial charge >= 0.3 is 5.69 Å². The summed E-state index contributed by atoms with van der Waals surface area (Å²) in [6, 6.07) is 0. The van der Waals surface area contributed by atoms with Crippen LogP contribution in [0.5, 0.6) is 0 Å². The number of hydrogen-bond acceptors (Lipinski definition) is 4. The summed E-state index contributed by atoms with van der Waals surface area (Å²) in [5.41, 5.74) is -0.118. The third-order valence-corrected chi connectivity index (χ3v) is 3.45. The first-order chi connectivity index (χ1) is 9.20. The minimum absolute atomic E-state index is 0.110. The number of ether oxygens (including phenoxy) is 1. The van der Waals surface area contributed by atoms with Crippen molar-refractivity contribution in [3.8, 4) is 0 Å². The Bertz CT molecular complexity index is 706. The standard InChI is InChI=1S/C12H16N4O3/c1-2-16-10-8(11(17)15-12(16)18)13-9(14-10)7-5-3-4-6-19-7/h7H,2-6H2,1H3,(H,13,14)(H,15,17,18). The summed E-state index contributed by atoms with van der Waals surface area (Å²) < 4.78 is 7.09. The predicted molar refractivity (Wildman–Crippen MR) is 69.2 cm³/mol. The van der Waals surface area contributed by atoms with Crippen LogP contribution in [-0.4, -0.2) is 26.1 Å². The van der Waals surface area contributed by atoms with Gasteiger partial charge in [0.1, 0.15) is 17.4 Å². The van der Waals surface area contributed by atoms with Gasteiger partial charge in [0.05, 0.1) is 0 Å². The van der Waals surface area contributed by atoms with Crippen LogP contribution in [0.3, 0.4) is 0 Å². The lowest BCUT2D eigenvalue weighted by atomic mass is 10.1. The lowest BCUT2D eigenvalue weighted by molar-refractivity contribution is 0.0101. The molecule has 1 aliphatic rings. The van der Waals surface area contributed by atoms with Gasteiger partial charge in [-0.05, 0) is 26.2 Å². The Morgan fingerprint density at radius 1 is 1.37 bits per heavy atom. The minimum atomic E-state index is -0.431. The molecule has 7 heteroatoms. The highest BCUT2D eigenvalue weighted by Gasteiger charge is 2.21. The maximum Gasteiger partial charge on any atom is 0.330 e. The quantitative estimate of drug-likeness (QED) is 0.834. The fraction of sp³-hybridized carbons (Fsp3) is 0.583. The van der Waals surface area contributed by atoms with Gasteiger partial charge in [-0.3, -0.25) is 14.3 Å². The van der Waals surface area contributed by atoms with Crippen LogP contribution in [0.25, 0.3) is 11.2 Å². The van der Waals surface area contributed by atoms with Crippen molar-refractivity contribution in [3.05, 3.63) is 26.7 Å². The van der Waals surface area contributed by atoms with Crippen molar-refractivity contribution in [2.45, 2.75) is 38.8 Å². The number of rotatable bonds is 2. The first kappa shape index (κ1) is 12.2. The van der Waals surface area contributed by atoms with E-state index in [1.165, 1.54) is 4.57 Å². The molecule has 102 valence electrons. The Balaban J connectivity index is 2.16. The van der Waals surface area contributed by atoms with Gasteiger partial charge in [-0.1, -0.05) is 0 Å². The molecule has 0 saturated carbocycles. The maximum absolute atomic E-state index is 11.8. The number of nitrogens with zero attached hydrogens (tertiary/aromatic N) is 2. The van der Waals surface area contributed by atoms with E-state index in [1.807, 2.05) is 6.92 Å². The molecular formula is C12H16N4O3. The van der Waals surface area contributed by atoms with Crippen LogP contribution < -0.4 is 11.2 Å². The van der Waals surface area contributed by atoms with Gasteiger partial charge in [-0.15, -0.1) is 0 Å². The normalized spacial score (nSPS) is 19.9. The summed E-state index contributed by atoms with van der Waals surface area (Å²) in [6.07, 6.45) is 2.91. The van der Waals surface area contributed by atoms with Gasteiger partial charge in [0.2, 0.25) is 0 Å². The Kier molecular flexibility index (Phi) is 2.98. The molecule has 0 bridgehead atoms. The number of imidazole rings is 1. The van der Waals surface area contributed by atoms with Crippen LogP contribution in [0, 0.1) is 0 Å². The maximum atomic E-state index is 11.8. The zero-order valence-corrected chi connectivity index (χ0v) is 10.7. The van der Waals surface area contributed by atoms with Gasteiger partial charge in [-0.25, -0.2) is 9.78 Å². The SMILES string of the molecule is CCn1c(=O)[nH]c(=O)c2[nH]c(C3CCCCO3)nc21. The van der Waals surface area contributed by atoms with Crippen LogP contribution in [0.2, 0.25) is 0 Å². The molecule has 2 aromatic heterocycles. The molecule has 19 heavy (non-hydrogen) atoms. The fourth-order valence-electron chi connectivity index (χ4n) is 2.46. The smallest absolute Gasteiger partial charge is 0.330 e. The average Bonchev–Trinajstić information content (AvgIpc) is 2.85. The van der Waals surface area contributed by atoms with Crippen molar-refractivity contribution in [1.29, 1.82) is 0 Å². The van der Waals surface area contributed by atoms with Crippen molar-refractivity contribution >= 4 is 11.2 Å². The van der Waals surface area contributed by atoms with Gasteiger partial charge < -0.3 is 9.72 Å². The van der Waals surface area contributed by atoms with E-state index in [0.717, 1.165) is 19.3 Å². The molecule has 1 saturated heterocycles. The molecule has 1 atom stereocenters. The largest absolute Gasteiger partial charge is 0.370 e. The number of nitrogens with one attached hydrogen (secondary N) is 2. The Labute approximate surface area is 108 Å². The second kappa shape index (κ2) is 4.65. The van der Waals surface area contributed by atoms with E-state index >= 15 is 0 Å². The number of fused-ring (bicyclic) bond motifs is 1. The summed E-state index contributed by atoms with van der Waals surface area (Å²) in [4.78, 5) is 33.2. The predicted octanol–water partition coefficient (Wildman–Crippen LogP) is 0.674. The minimum Gasteiger partial charge on any atom is -0.370 e. The zero-order valence-electron chi connectivity index (χ0n) is 10.7. The topological polar surface area (TPSA) is 92.8 Å². The van der Waals surface area contributed by atoms with E-state index in [1.54, 1.807) is 0 Å². The van der Waals surface area contributed by atoms with E-state index in [-0.39, 0.29) is 6.10 Å². The fourth-order valence-corrected chi connectivity index (χ4v) is 2.46. The second-order valence-electron chi connectivity index (χ2n) is 4.68. The molecule has 2 aromatic rings. The summed E-state index contributed by atoms with van der Waals surface area (Å²) >= 11 is 0. The lowest BCUT2D eigenvalue weighted by Crippen LogP contribution is -2.29. The highest BCUT2D eigenvalue weighted by molar-refractivity contribution is 5.69. The monoisotopic (exact) mass is 264 g/mol. The number of aromatic amines is 2. The summed E-state index contributed by atoms with van der Waals surface area (Å²) in [5.74, 6) is 0.632. The van der Waals surface area contributed by atoms with Crippen LogP contribution in [-0.2, 0) is 11.3 Å². The number of aryl methyl sites for hydroxylation is 1. The lowest BCUT2D eigenvalue weighted by Gasteiger charge is -2.20. The van der Waals surface area contributed by atoms with E-state index in [0.29, 0.717) is 30.1 Å². The van der Waals surface area contributed by atoms with E-state index in [9.17, 15) is 9.59 Å². The first-order valence-corrected chi connectivity index (χ1v) is 6.55. The molecule has 1 unspecified atom stereocenters. The van der Waals surface area contributed by atoms with Gasteiger partial charge in [0.15, 0.2) is 5.65 Å². The molecule has 0 radical (unpaired) electrons. The number of hydrogen-bond donors (Lipinski definition) is 2. The Morgan fingerprint density at radius 3 is 2.89 bits per heavy atom. The summed E-state index contributed by atoms with van der Waals surface area (Å²) in [6.45, 7) is 3.01.